The van der Waals surface area contributed by atoms with Crippen LogP contribution in [0, 0.1) is 0 Å². The van der Waals surface area contributed by atoms with Gasteiger partial charge in [0, 0.05) is 6.08 Å². The molecule has 0 saturated carbocycles. The molecule has 10 atom stereocenters. The summed E-state index contributed by atoms with van der Waals surface area (Å²) in [6.45, 7) is 0.733. The van der Waals surface area contributed by atoms with Crippen molar-refractivity contribution in [2.45, 2.75) is 74.8 Å². The van der Waals surface area contributed by atoms with E-state index in [1.807, 2.05) is 0 Å². The Labute approximate surface area is 264 Å². The highest BCUT2D eigenvalue weighted by Gasteiger charge is 2.52. The van der Waals surface area contributed by atoms with Crippen LogP contribution >= 0.6 is 0 Å². The number of esters is 1. The Bertz CT molecular complexity index is 1340. The molecule has 2 aromatic carbocycles. The lowest BCUT2D eigenvalue weighted by Gasteiger charge is -2.46. The summed E-state index contributed by atoms with van der Waals surface area (Å²) in [6.07, 6.45) is -12.0. The van der Waals surface area contributed by atoms with Gasteiger partial charge in [-0.05, 0) is 54.8 Å². The third-order valence-electron chi connectivity index (χ3n) is 7.68. The molecule has 254 valence electrons. The van der Waals surface area contributed by atoms with E-state index in [-0.39, 0.29) is 29.6 Å². The molecule has 15 nitrogen and oxygen atoms in total. The standard InChI is InChI=1S/C31H40O15/c1-15-24(36)25(37)26(38)31(43-15)46-29-27(39)30(42-11-10-17-5-8-19(34)21(13-17)41-3)44-22(14-32)28(29)45-23(35)9-6-16-4-7-18(33)20(12-16)40-2/h4-9,12-13,15,22,24-34,36-39H,10-11,14H2,1-3H3/b9-6+/t15-,22+,24+,25+,26+,27+,28+,29+,30+,31+/m1/s1. The van der Waals surface area contributed by atoms with Crippen LogP contribution in [0.15, 0.2) is 42.5 Å². The fraction of sp³-hybridized carbons (Fsp3) is 0.516. The molecule has 0 aliphatic carbocycles. The predicted molar refractivity (Wildman–Crippen MR) is 157 cm³/mol. The summed E-state index contributed by atoms with van der Waals surface area (Å²) in [4.78, 5) is 12.9. The summed E-state index contributed by atoms with van der Waals surface area (Å²) in [5, 5.41) is 72.1. The number of hydrogen-bond donors (Lipinski definition) is 7. The molecule has 4 rings (SSSR count). The van der Waals surface area contributed by atoms with Crippen molar-refractivity contribution in [1.29, 1.82) is 0 Å². The molecule has 2 aliphatic heterocycles. The lowest BCUT2D eigenvalue weighted by molar-refractivity contribution is -0.357. The first-order valence-corrected chi connectivity index (χ1v) is 14.5. The van der Waals surface area contributed by atoms with Gasteiger partial charge in [0.1, 0.15) is 36.6 Å². The van der Waals surface area contributed by atoms with Crippen molar-refractivity contribution in [1.82, 2.24) is 0 Å². The van der Waals surface area contributed by atoms with Crippen LogP contribution in [0.4, 0.5) is 0 Å². The average molecular weight is 653 g/mol. The van der Waals surface area contributed by atoms with Crippen molar-refractivity contribution in [3.63, 3.8) is 0 Å². The molecule has 2 aromatic rings. The fourth-order valence-electron chi connectivity index (χ4n) is 5.06. The smallest absolute Gasteiger partial charge is 0.331 e. The van der Waals surface area contributed by atoms with Gasteiger partial charge < -0.3 is 68.9 Å². The SMILES string of the molecule is COc1cc(/C=C/C(=O)O[C@@H]2[C@@H](O[C@@H]3O[C@H](C)[C@H](O)[C@H](O)[C@@H]3O)[C@H](O)[C@@H](OCCc3ccc(O)c(OC)c3)O[C@H]2CO)ccc1O. The minimum atomic E-state index is -1.75. The van der Waals surface area contributed by atoms with Gasteiger partial charge in [-0.25, -0.2) is 4.79 Å². The molecule has 0 amide bonds. The number of rotatable bonds is 12. The first kappa shape index (κ1) is 35.3. The molecule has 0 bridgehead atoms. The Morgan fingerprint density at radius 3 is 2.20 bits per heavy atom. The number of phenols is 2. The number of methoxy groups -OCH3 is 2. The quantitative estimate of drug-likeness (QED) is 0.114. The number of ether oxygens (including phenoxy) is 7. The van der Waals surface area contributed by atoms with Gasteiger partial charge in [0.25, 0.3) is 0 Å². The monoisotopic (exact) mass is 652 g/mol. The van der Waals surface area contributed by atoms with E-state index in [9.17, 15) is 40.5 Å². The summed E-state index contributed by atoms with van der Waals surface area (Å²) < 4.78 is 38.7. The van der Waals surface area contributed by atoms with Crippen molar-refractivity contribution in [2.75, 3.05) is 27.4 Å². The molecule has 0 unspecified atom stereocenters. The van der Waals surface area contributed by atoms with Crippen molar-refractivity contribution >= 4 is 12.0 Å². The molecule has 15 heteroatoms. The summed E-state index contributed by atoms with van der Waals surface area (Å²) in [5.41, 5.74) is 1.22. The van der Waals surface area contributed by atoms with Gasteiger partial charge in [0.05, 0.1) is 33.5 Å². The maximum Gasteiger partial charge on any atom is 0.331 e. The maximum atomic E-state index is 12.9. The number of phenolic OH excluding ortho intramolecular Hbond substituents is 2. The summed E-state index contributed by atoms with van der Waals surface area (Å²) in [5.74, 6) is -0.622. The zero-order valence-corrected chi connectivity index (χ0v) is 25.4. The van der Waals surface area contributed by atoms with Crippen LogP contribution in [0.3, 0.4) is 0 Å². The minimum absolute atomic E-state index is 0.00565. The number of aromatic hydroxyl groups is 2. The van der Waals surface area contributed by atoms with Gasteiger partial charge >= 0.3 is 5.97 Å². The number of carbonyl (C=O) groups excluding carboxylic acids is 1. The van der Waals surface area contributed by atoms with E-state index in [0.717, 1.165) is 11.6 Å². The first-order chi connectivity index (χ1) is 22.0. The summed E-state index contributed by atoms with van der Waals surface area (Å²) >= 11 is 0. The number of hydrogen-bond acceptors (Lipinski definition) is 15. The molecule has 0 spiro atoms. The summed E-state index contributed by atoms with van der Waals surface area (Å²) in [6, 6.07) is 9.10. The van der Waals surface area contributed by atoms with Crippen molar-refractivity contribution in [3.05, 3.63) is 53.6 Å². The van der Waals surface area contributed by atoms with E-state index in [0.29, 0.717) is 12.0 Å². The van der Waals surface area contributed by atoms with Gasteiger partial charge in [-0.1, -0.05) is 12.1 Å². The third-order valence-corrected chi connectivity index (χ3v) is 7.68. The predicted octanol–water partition coefficient (Wildman–Crippen LogP) is -0.410. The Morgan fingerprint density at radius 2 is 1.52 bits per heavy atom. The van der Waals surface area contributed by atoms with Gasteiger partial charge in [0.2, 0.25) is 0 Å². The van der Waals surface area contributed by atoms with E-state index in [1.165, 1.54) is 51.5 Å². The average Bonchev–Trinajstić information content (AvgIpc) is 3.05. The highest BCUT2D eigenvalue weighted by molar-refractivity contribution is 5.87. The van der Waals surface area contributed by atoms with Crippen molar-refractivity contribution < 1.29 is 73.7 Å². The maximum absolute atomic E-state index is 12.9. The fourth-order valence-corrected chi connectivity index (χ4v) is 5.06. The van der Waals surface area contributed by atoms with Gasteiger partial charge in [-0.2, -0.15) is 0 Å². The van der Waals surface area contributed by atoms with Crippen molar-refractivity contribution in [2.24, 2.45) is 0 Å². The highest BCUT2D eigenvalue weighted by atomic mass is 16.7. The largest absolute Gasteiger partial charge is 0.504 e. The van der Waals surface area contributed by atoms with Gasteiger partial charge in [-0.3, -0.25) is 0 Å². The molecular formula is C31H40O15. The molecule has 2 saturated heterocycles. The van der Waals surface area contributed by atoms with Crippen LogP contribution in [0.1, 0.15) is 18.1 Å². The van der Waals surface area contributed by atoms with Crippen LogP contribution in [0.5, 0.6) is 23.0 Å². The number of aliphatic hydroxyl groups excluding tert-OH is 5. The number of aliphatic hydroxyl groups is 5. The first-order valence-electron chi connectivity index (χ1n) is 14.5. The topological polar surface area (TPSA) is 223 Å². The van der Waals surface area contributed by atoms with E-state index in [4.69, 9.17) is 33.2 Å². The van der Waals surface area contributed by atoms with Crippen molar-refractivity contribution in [3.8, 4) is 23.0 Å². The summed E-state index contributed by atoms with van der Waals surface area (Å²) in [7, 11) is 2.78. The van der Waals surface area contributed by atoms with Gasteiger partial charge in [-0.15, -0.1) is 0 Å². The zero-order chi connectivity index (χ0) is 33.5. The molecule has 2 heterocycles. The van der Waals surface area contributed by atoms with Crippen LogP contribution in [0.25, 0.3) is 6.08 Å². The number of carbonyl (C=O) groups is 1. The molecule has 0 aromatic heterocycles. The Balaban J connectivity index is 1.52. The second-order valence-corrected chi connectivity index (χ2v) is 10.8. The Hall–Kier alpha value is -3.51. The van der Waals surface area contributed by atoms with Crippen LogP contribution in [-0.2, 0) is 34.9 Å². The molecule has 7 N–H and O–H groups in total. The Morgan fingerprint density at radius 1 is 0.848 bits per heavy atom. The van der Waals surface area contributed by atoms with Crippen LogP contribution in [-0.4, -0.2) is 131 Å². The van der Waals surface area contributed by atoms with E-state index < -0.39 is 74.0 Å². The molecular weight excluding hydrogens is 612 g/mol. The normalized spacial score (nSPS) is 31.5. The van der Waals surface area contributed by atoms with Crippen LogP contribution in [0.2, 0.25) is 0 Å². The second kappa shape index (κ2) is 15.9. The Kier molecular flexibility index (Phi) is 12.2. The number of benzene rings is 2. The van der Waals surface area contributed by atoms with E-state index in [2.05, 4.69) is 0 Å². The third kappa shape index (κ3) is 8.25. The minimum Gasteiger partial charge on any atom is -0.504 e. The zero-order valence-electron chi connectivity index (χ0n) is 25.4. The van der Waals surface area contributed by atoms with Crippen LogP contribution < -0.4 is 9.47 Å². The second-order valence-electron chi connectivity index (χ2n) is 10.8. The molecule has 2 aliphatic rings. The van der Waals surface area contributed by atoms with E-state index >= 15 is 0 Å². The lowest BCUT2D eigenvalue weighted by atomic mass is 9.97. The molecule has 2 fully saturated rings. The molecule has 46 heavy (non-hydrogen) atoms. The highest BCUT2D eigenvalue weighted by Crippen LogP contribution is 2.32. The molecule has 0 radical (unpaired) electrons. The van der Waals surface area contributed by atoms with E-state index in [1.54, 1.807) is 12.1 Å². The van der Waals surface area contributed by atoms with Gasteiger partial charge in [0.15, 0.2) is 41.7 Å². The lowest BCUT2D eigenvalue weighted by Crippen LogP contribution is -2.65.